The van der Waals surface area contributed by atoms with Gasteiger partial charge in [-0.2, -0.15) is 0 Å². The zero-order valence-electron chi connectivity index (χ0n) is 31.6. The first-order valence-corrected chi connectivity index (χ1v) is 20.3. The van der Waals surface area contributed by atoms with Crippen molar-refractivity contribution < 1.29 is 39.4 Å². The minimum atomic E-state index is -1.65. The highest BCUT2D eigenvalue weighted by Gasteiger charge is 2.77. The molecule has 0 amide bonds. The van der Waals surface area contributed by atoms with Crippen LogP contribution in [-0.4, -0.2) is 87.8 Å². The van der Waals surface area contributed by atoms with Gasteiger partial charge >= 0.3 is 0 Å². The van der Waals surface area contributed by atoms with Gasteiger partial charge in [-0.05, 0) is 104 Å². The number of Topliss-reactive ketones (excluding diaryl/α,β-unsaturated/α-hetero) is 1. The molecule has 1 spiro atoms. The average Bonchev–Trinajstić information content (AvgIpc) is 3.63. The molecule has 4 N–H and O–H groups in total. The van der Waals surface area contributed by atoms with E-state index in [-0.39, 0.29) is 66.0 Å². The summed E-state index contributed by atoms with van der Waals surface area (Å²) < 4.78 is 20.5. The number of fused-ring (bicyclic) bond motifs is 3. The third-order valence-electron chi connectivity index (χ3n) is 16.5. The number of ketones is 1. The third-order valence-corrected chi connectivity index (χ3v) is 16.5. The fourth-order valence-electron chi connectivity index (χ4n) is 13.7. The molecule has 11 rings (SSSR count). The first-order chi connectivity index (χ1) is 25.4. The van der Waals surface area contributed by atoms with Gasteiger partial charge in [0.1, 0.15) is 24.4 Å². The first-order valence-electron chi connectivity index (χ1n) is 20.3. The predicted molar refractivity (Wildman–Crippen MR) is 197 cm³/mol. The molecule has 9 bridgehead atoms. The molecule has 0 radical (unpaired) electrons. The van der Waals surface area contributed by atoms with E-state index in [2.05, 4.69) is 49.7 Å². The minimum Gasteiger partial charge on any atom is -0.396 e. The molecular formula is C45H56O8. The van der Waals surface area contributed by atoms with Gasteiger partial charge in [-0.3, -0.25) is 4.79 Å². The molecule has 10 aliphatic rings. The van der Waals surface area contributed by atoms with Crippen molar-refractivity contribution in [2.45, 2.75) is 127 Å². The number of carbonyl (C=O) groups excluding carboxylic acids is 1. The van der Waals surface area contributed by atoms with Crippen LogP contribution in [0.1, 0.15) is 90.5 Å². The summed E-state index contributed by atoms with van der Waals surface area (Å²) in [6.07, 6.45) is 1.68. The minimum absolute atomic E-state index is 0.0130. The number of benzene rings is 1. The summed E-state index contributed by atoms with van der Waals surface area (Å²) in [5.74, 6) is 12.2. The predicted octanol–water partition coefficient (Wildman–Crippen LogP) is 4.58. The van der Waals surface area contributed by atoms with Crippen LogP contribution in [0.15, 0.2) is 41.5 Å². The number of carbonyl (C=O) groups is 1. The van der Waals surface area contributed by atoms with E-state index in [4.69, 9.17) is 14.2 Å². The Kier molecular flexibility index (Phi) is 8.69. The van der Waals surface area contributed by atoms with Crippen LogP contribution in [-0.2, 0) is 19.0 Å². The average molecular weight is 725 g/mol. The molecule has 3 saturated carbocycles. The van der Waals surface area contributed by atoms with E-state index in [9.17, 15) is 20.4 Å². The lowest BCUT2D eigenvalue weighted by atomic mass is 9.40. The van der Waals surface area contributed by atoms with Crippen LogP contribution in [0.2, 0.25) is 0 Å². The van der Waals surface area contributed by atoms with Crippen LogP contribution in [0.4, 0.5) is 0 Å². The number of aliphatic hydroxyl groups is 4. The largest absolute Gasteiger partial charge is 0.396 e. The molecule has 53 heavy (non-hydrogen) atoms. The van der Waals surface area contributed by atoms with E-state index < -0.39 is 52.9 Å². The van der Waals surface area contributed by atoms with Crippen molar-refractivity contribution in [3.8, 4) is 23.7 Å². The topological polar surface area (TPSA) is 126 Å². The Labute approximate surface area is 314 Å². The molecule has 0 unspecified atom stereocenters. The molecule has 5 heterocycles. The van der Waals surface area contributed by atoms with Gasteiger partial charge < -0.3 is 34.6 Å². The molecule has 1 aromatic carbocycles. The molecule has 8 nitrogen and oxygen atoms in total. The summed E-state index contributed by atoms with van der Waals surface area (Å²) in [4.78, 5) is 15.0. The third kappa shape index (κ3) is 4.92. The van der Waals surface area contributed by atoms with E-state index in [1.165, 1.54) is 0 Å². The Hall–Kier alpha value is -2.53. The summed E-state index contributed by atoms with van der Waals surface area (Å²) in [5.41, 5.74) is -0.449. The van der Waals surface area contributed by atoms with Crippen molar-refractivity contribution >= 4 is 5.78 Å². The quantitative estimate of drug-likeness (QED) is 0.327. The Morgan fingerprint density at radius 2 is 1.74 bits per heavy atom. The SMILES string of the molecule is C[C@@H]1[C@@H](CO)[C@@H]2O[C@H]1[C@@H](O)C#CC[C@@H]1C[C@H]3C4=C5CC[C@@H]6C[C@H]([C@](C)(O)[C@@H]2O)[C@]1(C)[C@]46OCC#C[C@H](c1ccccc1)CO[C@H]1CC[C@@]3(C)[C@@H](C1)C5=O. The van der Waals surface area contributed by atoms with Gasteiger partial charge in [0.25, 0.3) is 0 Å². The lowest BCUT2D eigenvalue weighted by Crippen LogP contribution is -2.69. The van der Waals surface area contributed by atoms with Crippen molar-refractivity contribution in [1.29, 1.82) is 0 Å². The molecule has 17 atom stereocenters. The summed E-state index contributed by atoms with van der Waals surface area (Å²) in [6.45, 7) is 8.58. The van der Waals surface area contributed by atoms with Crippen molar-refractivity contribution in [3.05, 3.63) is 47.0 Å². The van der Waals surface area contributed by atoms with E-state index >= 15 is 4.79 Å². The normalized spacial score (nSPS) is 51.3. The second kappa shape index (κ2) is 12.8. The van der Waals surface area contributed by atoms with Gasteiger partial charge in [0.15, 0.2) is 5.78 Å². The van der Waals surface area contributed by atoms with Crippen LogP contribution >= 0.6 is 0 Å². The molecule has 8 heteroatoms. The summed E-state index contributed by atoms with van der Waals surface area (Å²) in [7, 11) is 0. The molecule has 5 aliphatic heterocycles. The monoisotopic (exact) mass is 724 g/mol. The number of ether oxygens (including phenoxy) is 3. The highest BCUT2D eigenvalue weighted by atomic mass is 16.5. The fraction of sp³-hybridized carbons (Fsp3) is 0.711. The molecule has 1 aromatic rings. The van der Waals surface area contributed by atoms with Gasteiger partial charge in [0.2, 0.25) is 0 Å². The molecular weight excluding hydrogens is 668 g/mol. The van der Waals surface area contributed by atoms with E-state index in [0.29, 0.717) is 32.3 Å². The highest BCUT2D eigenvalue weighted by Crippen LogP contribution is 2.76. The number of rotatable bonds is 2. The number of aliphatic hydroxyl groups excluding tert-OH is 3. The van der Waals surface area contributed by atoms with Crippen LogP contribution < -0.4 is 0 Å². The molecule has 0 aromatic heterocycles. The lowest BCUT2D eigenvalue weighted by Gasteiger charge is -2.67. The summed E-state index contributed by atoms with van der Waals surface area (Å²) in [5, 5.41) is 47.2. The first kappa shape index (κ1) is 36.1. The Morgan fingerprint density at radius 1 is 0.943 bits per heavy atom. The second-order valence-electron chi connectivity index (χ2n) is 18.6. The van der Waals surface area contributed by atoms with Crippen molar-refractivity contribution in [3.63, 3.8) is 0 Å². The maximum atomic E-state index is 15.0. The van der Waals surface area contributed by atoms with Crippen LogP contribution in [0, 0.1) is 75.9 Å². The standard InChI is InChI=1S/C45H56O8/c1-25-32(23-46)40-41(49)44(4,50)36-21-29-15-16-31-37-33-20-28(13-8-14-35(47)39(25)53-40)43(36,3)45(29,37)52-19-9-12-27(26-10-6-5-7-11-26)24-51-30-17-18-42(33,2)34(22-30)38(31)48/h5-7,10-11,25,27-30,32-36,39-41,46-47,49-50H,13,15-24H2,1-4H3/t25-,27+,28-,29-,30+,32-,33+,34+,35+,36+,39-,40+,41-,42-,43-,44+,45-/m1/s1. The van der Waals surface area contributed by atoms with Crippen molar-refractivity contribution in [2.24, 2.45) is 52.3 Å². The van der Waals surface area contributed by atoms with Crippen LogP contribution in [0.25, 0.3) is 0 Å². The number of hydrogen-bond acceptors (Lipinski definition) is 8. The number of hydrogen-bond donors (Lipinski definition) is 4. The Bertz CT molecular complexity index is 1800. The number of allylic oxidation sites excluding steroid dienone is 1. The van der Waals surface area contributed by atoms with Crippen molar-refractivity contribution in [2.75, 3.05) is 19.8 Å². The van der Waals surface area contributed by atoms with E-state index in [1.807, 2.05) is 25.1 Å². The fourth-order valence-corrected chi connectivity index (χ4v) is 13.7. The van der Waals surface area contributed by atoms with Gasteiger partial charge in [0, 0.05) is 30.3 Å². The van der Waals surface area contributed by atoms with E-state index in [0.717, 1.165) is 42.4 Å². The smallest absolute Gasteiger partial charge is 0.162 e. The van der Waals surface area contributed by atoms with Gasteiger partial charge in [0.05, 0.1) is 36.4 Å². The zero-order valence-corrected chi connectivity index (χ0v) is 31.6. The van der Waals surface area contributed by atoms with Crippen LogP contribution in [0.3, 0.4) is 0 Å². The lowest BCUT2D eigenvalue weighted by molar-refractivity contribution is -0.226. The molecule has 284 valence electrons. The summed E-state index contributed by atoms with van der Waals surface area (Å²) >= 11 is 0. The highest BCUT2D eigenvalue weighted by molar-refractivity contribution is 6.00. The maximum absolute atomic E-state index is 15.0. The van der Waals surface area contributed by atoms with Crippen LogP contribution in [0.5, 0.6) is 0 Å². The molecule has 4 fully saturated rings. The molecule has 5 aliphatic carbocycles. The molecule has 1 saturated heterocycles. The summed E-state index contributed by atoms with van der Waals surface area (Å²) in [6, 6.07) is 10.2. The van der Waals surface area contributed by atoms with E-state index in [1.54, 1.807) is 6.92 Å². The second-order valence-corrected chi connectivity index (χ2v) is 18.6. The maximum Gasteiger partial charge on any atom is 0.162 e. The Morgan fingerprint density at radius 3 is 2.51 bits per heavy atom. The van der Waals surface area contributed by atoms with Crippen molar-refractivity contribution in [1.82, 2.24) is 0 Å². The van der Waals surface area contributed by atoms with Gasteiger partial charge in [-0.25, -0.2) is 0 Å². The van der Waals surface area contributed by atoms with Gasteiger partial charge in [-0.1, -0.05) is 68.9 Å². The zero-order chi connectivity index (χ0) is 37.1. The Balaban J connectivity index is 1.25. The van der Waals surface area contributed by atoms with Gasteiger partial charge in [-0.15, -0.1) is 5.92 Å².